The van der Waals surface area contributed by atoms with Crippen LogP contribution in [0.15, 0.2) is 48.8 Å². The number of aromatic nitrogens is 1. The van der Waals surface area contributed by atoms with E-state index in [0.29, 0.717) is 13.0 Å². The van der Waals surface area contributed by atoms with Crippen LogP contribution in [0.4, 0.5) is 5.69 Å². The highest BCUT2D eigenvalue weighted by Crippen LogP contribution is 2.54. The summed E-state index contributed by atoms with van der Waals surface area (Å²) in [7, 11) is 0. The summed E-state index contributed by atoms with van der Waals surface area (Å²) >= 11 is 0. The maximum atomic E-state index is 13.0. The van der Waals surface area contributed by atoms with E-state index in [4.69, 9.17) is 0 Å². The summed E-state index contributed by atoms with van der Waals surface area (Å²) in [6, 6.07) is 10.9. The Balaban J connectivity index is 1.88. The van der Waals surface area contributed by atoms with Crippen LogP contribution in [0, 0.1) is 0 Å². The van der Waals surface area contributed by atoms with Crippen molar-refractivity contribution in [1.82, 2.24) is 9.88 Å². The Kier molecular flexibility index (Phi) is 3.77. The average molecular weight is 337 g/mol. The Morgan fingerprint density at radius 1 is 1.32 bits per heavy atom. The zero-order valence-electron chi connectivity index (χ0n) is 13.7. The molecule has 0 aliphatic carbocycles. The number of likely N-dealkylation sites (tertiary alicyclic amines) is 1. The number of carbonyl (C=O) groups is 2. The van der Waals surface area contributed by atoms with E-state index in [1.165, 1.54) is 0 Å². The first-order chi connectivity index (χ1) is 12.2. The van der Waals surface area contributed by atoms with Gasteiger partial charge in [0.2, 0.25) is 11.8 Å². The second-order valence-electron chi connectivity index (χ2n) is 6.47. The van der Waals surface area contributed by atoms with Crippen LogP contribution < -0.4 is 5.32 Å². The lowest BCUT2D eigenvalue weighted by Gasteiger charge is -2.34. The van der Waals surface area contributed by atoms with E-state index < -0.39 is 11.5 Å². The minimum Gasteiger partial charge on any atom is -0.396 e. The number of aliphatic hydroxyl groups is 1. The van der Waals surface area contributed by atoms with Crippen molar-refractivity contribution in [1.29, 1.82) is 0 Å². The van der Waals surface area contributed by atoms with Gasteiger partial charge in [0, 0.05) is 31.0 Å². The van der Waals surface area contributed by atoms with E-state index in [-0.39, 0.29) is 24.8 Å². The van der Waals surface area contributed by atoms with Crippen LogP contribution in [-0.2, 0) is 15.0 Å². The molecule has 6 heteroatoms. The monoisotopic (exact) mass is 337 g/mol. The zero-order chi connectivity index (χ0) is 17.4. The van der Waals surface area contributed by atoms with E-state index in [0.717, 1.165) is 16.8 Å². The van der Waals surface area contributed by atoms with Crippen LogP contribution in [0.25, 0.3) is 0 Å². The molecule has 2 amide bonds. The molecule has 128 valence electrons. The standard InChI is InChI=1S/C19H19N3O3/c23-11-7-16(24)22-10-8-19(17(22)13-4-3-9-20-12-13)14-5-1-2-6-15(14)21-18(19)25/h1-6,9,12,17,23H,7-8,10-11H2,(H,21,25). The van der Waals surface area contributed by atoms with Gasteiger partial charge in [-0.25, -0.2) is 0 Å². The van der Waals surface area contributed by atoms with Crippen molar-refractivity contribution in [3.8, 4) is 0 Å². The smallest absolute Gasteiger partial charge is 0.237 e. The highest BCUT2D eigenvalue weighted by Gasteiger charge is 2.59. The van der Waals surface area contributed by atoms with Crippen LogP contribution in [0.3, 0.4) is 0 Å². The summed E-state index contributed by atoms with van der Waals surface area (Å²) in [5.41, 5.74) is 1.74. The van der Waals surface area contributed by atoms with Crippen molar-refractivity contribution in [2.24, 2.45) is 0 Å². The molecular weight excluding hydrogens is 318 g/mol. The van der Waals surface area contributed by atoms with Gasteiger partial charge in [0.15, 0.2) is 0 Å². The Bertz CT molecular complexity index is 824. The molecule has 4 rings (SSSR count). The fourth-order valence-electron chi connectivity index (χ4n) is 4.20. The second kappa shape index (κ2) is 5.97. The number of aliphatic hydroxyl groups excluding tert-OH is 1. The molecule has 2 atom stereocenters. The number of nitrogens with zero attached hydrogens (tertiary/aromatic N) is 2. The predicted octanol–water partition coefficient (Wildman–Crippen LogP) is 1.63. The van der Waals surface area contributed by atoms with Crippen molar-refractivity contribution in [2.75, 3.05) is 18.5 Å². The van der Waals surface area contributed by atoms with Crippen LogP contribution in [0.5, 0.6) is 0 Å². The predicted molar refractivity (Wildman–Crippen MR) is 91.8 cm³/mol. The third-order valence-corrected chi connectivity index (χ3v) is 5.23. The first-order valence-electron chi connectivity index (χ1n) is 8.39. The molecule has 1 spiro atoms. The van der Waals surface area contributed by atoms with Crippen molar-refractivity contribution < 1.29 is 14.7 Å². The van der Waals surface area contributed by atoms with E-state index in [9.17, 15) is 14.7 Å². The number of pyridine rings is 1. The molecule has 0 bridgehead atoms. The van der Waals surface area contributed by atoms with Crippen LogP contribution in [0.1, 0.15) is 30.0 Å². The van der Waals surface area contributed by atoms with Gasteiger partial charge in [0.25, 0.3) is 0 Å². The largest absolute Gasteiger partial charge is 0.396 e. The molecule has 1 aromatic heterocycles. The van der Waals surface area contributed by atoms with Gasteiger partial charge in [-0.15, -0.1) is 0 Å². The number of hydrogen-bond donors (Lipinski definition) is 2. The fraction of sp³-hybridized carbons (Fsp3) is 0.316. The minimum absolute atomic E-state index is 0.0517. The summed E-state index contributed by atoms with van der Waals surface area (Å²) < 4.78 is 0. The Morgan fingerprint density at radius 2 is 2.16 bits per heavy atom. The molecule has 2 aliphatic rings. The second-order valence-corrected chi connectivity index (χ2v) is 6.47. The molecule has 0 radical (unpaired) electrons. The number of hydrogen-bond acceptors (Lipinski definition) is 4. The lowest BCUT2D eigenvalue weighted by atomic mass is 9.73. The average Bonchev–Trinajstić information content (AvgIpc) is 3.16. The van der Waals surface area contributed by atoms with Gasteiger partial charge in [-0.1, -0.05) is 24.3 Å². The number of fused-ring (bicyclic) bond motifs is 2. The Hall–Kier alpha value is -2.73. The number of para-hydroxylation sites is 1. The summed E-state index contributed by atoms with van der Waals surface area (Å²) in [6.45, 7) is 0.269. The lowest BCUT2D eigenvalue weighted by Crippen LogP contribution is -2.42. The molecule has 1 saturated heterocycles. The quantitative estimate of drug-likeness (QED) is 0.892. The van der Waals surface area contributed by atoms with E-state index >= 15 is 0 Å². The molecule has 2 aromatic rings. The molecular formula is C19H19N3O3. The summed E-state index contributed by atoms with van der Waals surface area (Å²) in [4.78, 5) is 31.6. The van der Waals surface area contributed by atoms with Crippen molar-refractivity contribution in [3.05, 3.63) is 59.9 Å². The molecule has 2 unspecified atom stereocenters. The first kappa shape index (κ1) is 15.8. The Morgan fingerprint density at radius 3 is 2.92 bits per heavy atom. The SMILES string of the molecule is O=C(CCO)N1CCC2(C(=O)Nc3ccccc32)C1c1cccnc1. The van der Waals surface area contributed by atoms with Gasteiger partial charge in [-0.2, -0.15) is 0 Å². The number of benzene rings is 1. The summed E-state index contributed by atoms with van der Waals surface area (Å²) in [5.74, 6) is -0.229. The molecule has 0 saturated carbocycles. The molecule has 1 aromatic carbocycles. The zero-order valence-corrected chi connectivity index (χ0v) is 13.7. The van der Waals surface area contributed by atoms with Gasteiger partial charge in [0.05, 0.1) is 12.6 Å². The number of carbonyl (C=O) groups excluding carboxylic acids is 2. The first-order valence-corrected chi connectivity index (χ1v) is 8.39. The number of amides is 2. The molecule has 1 fully saturated rings. The number of anilines is 1. The van der Waals surface area contributed by atoms with Crippen molar-refractivity contribution in [2.45, 2.75) is 24.3 Å². The normalized spacial score (nSPS) is 24.4. The molecule has 3 heterocycles. The van der Waals surface area contributed by atoms with E-state index in [1.54, 1.807) is 17.3 Å². The van der Waals surface area contributed by atoms with E-state index in [1.807, 2.05) is 36.4 Å². The van der Waals surface area contributed by atoms with Gasteiger partial charge >= 0.3 is 0 Å². The molecule has 25 heavy (non-hydrogen) atoms. The van der Waals surface area contributed by atoms with Gasteiger partial charge in [0.1, 0.15) is 5.41 Å². The summed E-state index contributed by atoms with van der Waals surface area (Å²) in [6.07, 6.45) is 3.99. The number of nitrogens with one attached hydrogen (secondary N) is 1. The van der Waals surface area contributed by atoms with Gasteiger partial charge in [-0.3, -0.25) is 14.6 Å². The molecule has 2 N–H and O–H groups in total. The maximum Gasteiger partial charge on any atom is 0.237 e. The van der Waals surface area contributed by atoms with Crippen LogP contribution in [0.2, 0.25) is 0 Å². The Labute approximate surface area is 145 Å². The number of rotatable bonds is 3. The fourth-order valence-corrected chi connectivity index (χ4v) is 4.20. The van der Waals surface area contributed by atoms with Gasteiger partial charge in [-0.05, 0) is 29.7 Å². The molecule has 6 nitrogen and oxygen atoms in total. The van der Waals surface area contributed by atoms with Crippen molar-refractivity contribution >= 4 is 17.5 Å². The van der Waals surface area contributed by atoms with E-state index in [2.05, 4.69) is 10.3 Å². The topological polar surface area (TPSA) is 82.5 Å². The van der Waals surface area contributed by atoms with Crippen molar-refractivity contribution in [3.63, 3.8) is 0 Å². The maximum absolute atomic E-state index is 13.0. The molecule has 2 aliphatic heterocycles. The van der Waals surface area contributed by atoms with Crippen LogP contribution in [-0.4, -0.2) is 40.0 Å². The van der Waals surface area contributed by atoms with Crippen LogP contribution >= 0.6 is 0 Å². The highest BCUT2D eigenvalue weighted by atomic mass is 16.3. The lowest BCUT2D eigenvalue weighted by molar-refractivity contribution is -0.134. The third-order valence-electron chi connectivity index (χ3n) is 5.23. The minimum atomic E-state index is -0.815. The summed E-state index contributed by atoms with van der Waals surface area (Å²) in [5, 5.41) is 12.2. The van der Waals surface area contributed by atoms with Gasteiger partial charge < -0.3 is 15.3 Å². The highest BCUT2D eigenvalue weighted by molar-refractivity contribution is 6.07. The third kappa shape index (κ3) is 2.25.